The molecule has 5 heterocycles. The zero-order valence-electron chi connectivity index (χ0n) is 14.4. The minimum atomic E-state index is 0.495. The van der Waals surface area contributed by atoms with E-state index in [2.05, 4.69) is 20.6 Å². The lowest BCUT2D eigenvalue weighted by Gasteiger charge is -2.37. The predicted octanol–water partition coefficient (Wildman–Crippen LogP) is 4.37. The van der Waals surface area contributed by atoms with E-state index in [-0.39, 0.29) is 0 Å². The first-order chi connectivity index (χ1) is 12.3. The van der Waals surface area contributed by atoms with Crippen molar-refractivity contribution in [3.8, 4) is 22.3 Å². The van der Waals surface area contributed by atoms with Crippen LogP contribution in [0.1, 0.15) is 37.5 Å². The van der Waals surface area contributed by atoms with Gasteiger partial charge >= 0.3 is 0 Å². The summed E-state index contributed by atoms with van der Waals surface area (Å²) >= 11 is 1.65. The van der Waals surface area contributed by atoms with E-state index in [1.54, 1.807) is 11.3 Å². The molecule has 0 amide bonds. The van der Waals surface area contributed by atoms with Crippen molar-refractivity contribution in [3.63, 3.8) is 0 Å². The fourth-order valence-corrected chi connectivity index (χ4v) is 5.11. The molecule has 0 N–H and O–H groups in total. The first kappa shape index (κ1) is 15.3. The summed E-state index contributed by atoms with van der Waals surface area (Å²) in [4.78, 5) is 13.2. The molecule has 2 atom stereocenters. The summed E-state index contributed by atoms with van der Waals surface area (Å²) in [6.07, 6.45) is 9.12. The third-order valence-electron chi connectivity index (χ3n) is 5.57. The highest BCUT2D eigenvalue weighted by atomic mass is 32.1. The summed E-state index contributed by atoms with van der Waals surface area (Å²) in [5, 5.41) is 2.05. The molecule has 0 unspecified atom stereocenters. The van der Waals surface area contributed by atoms with E-state index < -0.39 is 0 Å². The molecular weight excluding hydrogens is 332 g/mol. The lowest BCUT2D eigenvalue weighted by atomic mass is 9.96. The Hall–Kier alpha value is -1.92. The van der Waals surface area contributed by atoms with Crippen molar-refractivity contribution in [2.45, 2.75) is 44.7 Å². The van der Waals surface area contributed by atoms with Crippen molar-refractivity contribution in [1.29, 1.82) is 0 Å². The monoisotopic (exact) mass is 354 g/mol. The number of aromatic nitrogens is 3. The fourth-order valence-electron chi connectivity index (χ4n) is 4.46. The van der Waals surface area contributed by atoms with E-state index in [1.165, 1.54) is 38.8 Å². The maximum absolute atomic E-state index is 5.95. The van der Waals surface area contributed by atoms with Gasteiger partial charge in [0, 0.05) is 18.4 Å². The van der Waals surface area contributed by atoms with Gasteiger partial charge in [-0.15, -0.1) is 11.3 Å². The maximum atomic E-state index is 5.95. The molecule has 0 aliphatic carbocycles. The Morgan fingerprint density at radius 1 is 1.20 bits per heavy atom. The molecule has 5 rings (SSSR count). The summed E-state index contributed by atoms with van der Waals surface area (Å²) in [7, 11) is 0. The fraction of sp³-hybridized carbons (Fsp3) is 0.474. The summed E-state index contributed by atoms with van der Waals surface area (Å²) in [6.45, 7) is 4.48. The molecule has 2 fully saturated rings. The van der Waals surface area contributed by atoms with Crippen LogP contribution in [0.4, 0.5) is 0 Å². The molecule has 5 nitrogen and oxygen atoms in total. The Balaban J connectivity index is 1.53. The molecule has 0 radical (unpaired) electrons. The average molecular weight is 354 g/mol. The van der Waals surface area contributed by atoms with Crippen LogP contribution in [0.25, 0.3) is 22.3 Å². The molecule has 3 aromatic rings. The predicted molar refractivity (Wildman–Crippen MR) is 98.6 cm³/mol. The number of piperidine rings is 1. The van der Waals surface area contributed by atoms with Gasteiger partial charge in [-0.05, 0) is 57.1 Å². The summed E-state index contributed by atoms with van der Waals surface area (Å²) in [5.41, 5.74) is 0.878. The van der Waals surface area contributed by atoms with Crippen LogP contribution < -0.4 is 0 Å². The number of nitrogens with zero attached hydrogens (tertiary/aromatic N) is 4. The van der Waals surface area contributed by atoms with Crippen LogP contribution >= 0.6 is 11.3 Å². The zero-order chi connectivity index (χ0) is 16.8. The van der Waals surface area contributed by atoms with E-state index in [0.717, 1.165) is 22.2 Å². The van der Waals surface area contributed by atoms with Gasteiger partial charge in [-0.1, -0.05) is 6.07 Å². The molecule has 130 valence electrons. The highest BCUT2D eigenvalue weighted by molar-refractivity contribution is 7.13. The van der Waals surface area contributed by atoms with Gasteiger partial charge in [0.2, 0.25) is 5.89 Å². The molecule has 0 saturated carbocycles. The summed E-state index contributed by atoms with van der Waals surface area (Å²) < 4.78 is 8.30. The van der Waals surface area contributed by atoms with Gasteiger partial charge in [0.15, 0.2) is 5.82 Å². The van der Waals surface area contributed by atoms with E-state index in [0.29, 0.717) is 18.0 Å². The van der Waals surface area contributed by atoms with Gasteiger partial charge in [-0.3, -0.25) is 4.90 Å². The topological polar surface area (TPSA) is 47.1 Å². The van der Waals surface area contributed by atoms with E-state index in [1.807, 2.05) is 30.6 Å². The molecule has 25 heavy (non-hydrogen) atoms. The number of oxazole rings is 1. The highest BCUT2D eigenvalue weighted by Crippen LogP contribution is 2.38. The normalized spacial score (nSPS) is 23.9. The average Bonchev–Trinajstić information content (AvgIpc) is 3.39. The van der Waals surface area contributed by atoms with Gasteiger partial charge in [-0.2, -0.15) is 0 Å². The second-order valence-corrected chi connectivity index (χ2v) is 7.96. The molecule has 2 aliphatic rings. The van der Waals surface area contributed by atoms with Gasteiger partial charge in [0.05, 0.1) is 10.9 Å². The number of imidazole rings is 1. The van der Waals surface area contributed by atoms with Crippen LogP contribution in [-0.4, -0.2) is 38.6 Å². The molecule has 6 heteroatoms. The van der Waals surface area contributed by atoms with Crippen LogP contribution in [0.5, 0.6) is 0 Å². The minimum absolute atomic E-state index is 0.495. The van der Waals surface area contributed by atoms with E-state index >= 15 is 0 Å². The van der Waals surface area contributed by atoms with Crippen LogP contribution in [0.3, 0.4) is 0 Å². The molecule has 0 bridgehead atoms. The Kier molecular flexibility index (Phi) is 3.75. The SMILES string of the molecule is Cc1oc(-c2cccs2)nc1-c1nccn1[C@@H]1CCCN2CCC[C@H]12. The Bertz CT molecular complexity index is 866. The summed E-state index contributed by atoms with van der Waals surface area (Å²) in [5.74, 6) is 2.49. The molecule has 2 saturated heterocycles. The van der Waals surface area contributed by atoms with Crippen LogP contribution in [0, 0.1) is 6.92 Å². The quantitative estimate of drug-likeness (QED) is 0.700. The van der Waals surface area contributed by atoms with Crippen LogP contribution in [0.2, 0.25) is 0 Å². The first-order valence-corrected chi connectivity index (χ1v) is 9.98. The number of aryl methyl sites for hydroxylation is 1. The molecule has 2 aliphatic heterocycles. The smallest absolute Gasteiger partial charge is 0.237 e. The van der Waals surface area contributed by atoms with Crippen molar-refractivity contribution >= 4 is 11.3 Å². The number of rotatable bonds is 3. The second kappa shape index (κ2) is 6.11. The van der Waals surface area contributed by atoms with Crippen molar-refractivity contribution in [3.05, 3.63) is 35.7 Å². The summed E-state index contributed by atoms with van der Waals surface area (Å²) in [6, 6.07) is 5.21. The minimum Gasteiger partial charge on any atom is -0.440 e. The highest BCUT2D eigenvalue weighted by Gasteiger charge is 2.36. The maximum Gasteiger partial charge on any atom is 0.237 e. The standard InChI is InChI=1S/C19H22N4OS/c1-13-17(21-19(24-13)16-7-4-12-25-16)18-20-8-11-23(18)15-6-3-10-22-9-2-5-14(15)22/h4,7-8,11-12,14-15H,2-3,5-6,9-10H2,1H3/t14-,15-/m1/s1. The largest absolute Gasteiger partial charge is 0.440 e. The second-order valence-electron chi connectivity index (χ2n) is 7.01. The van der Waals surface area contributed by atoms with E-state index in [4.69, 9.17) is 9.40 Å². The Labute approximate surface area is 151 Å². The van der Waals surface area contributed by atoms with Crippen LogP contribution in [0.15, 0.2) is 34.3 Å². The number of thiophene rings is 1. The van der Waals surface area contributed by atoms with Crippen molar-refractivity contribution in [2.24, 2.45) is 0 Å². The van der Waals surface area contributed by atoms with Gasteiger partial charge in [-0.25, -0.2) is 9.97 Å². The number of fused-ring (bicyclic) bond motifs is 1. The number of hydrogen-bond acceptors (Lipinski definition) is 5. The van der Waals surface area contributed by atoms with Crippen molar-refractivity contribution in [2.75, 3.05) is 13.1 Å². The first-order valence-electron chi connectivity index (χ1n) is 9.10. The van der Waals surface area contributed by atoms with Crippen molar-refractivity contribution in [1.82, 2.24) is 19.4 Å². The third kappa shape index (κ3) is 2.55. The van der Waals surface area contributed by atoms with Crippen molar-refractivity contribution < 1.29 is 4.42 Å². The Morgan fingerprint density at radius 3 is 2.84 bits per heavy atom. The van der Waals surface area contributed by atoms with Crippen LogP contribution in [-0.2, 0) is 0 Å². The zero-order valence-corrected chi connectivity index (χ0v) is 15.2. The lowest BCUT2D eigenvalue weighted by Crippen LogP contribution is -2.41. The molecular formula is C19H22N4OS. The van der Waals surface area contributed by atoms with Gasteiger partial charge in [0.1, 0.15) is 11.5 Å². The Morgan fingerprint density at radius 2 is 2.04 bits per heavy atom. The van der Waals surface area contributed by atoms with Gasteiger partial charge in [0.25, 0.3) is 0 Å². The lowest BCUT2D eigenvalue weighted by molar-refractivity contribution is 0.139. The van der Waals surface area contributed by atoms with E-state index in [9.17, 15) is 0 Å². The molecule has 3 aromatic heterocycles. The number of hydrogen-bond donors (Lipinski definition) is 0. The molecule has 0 spiro atoms. The molecule has 0 aromatic carbocycles. The van der Waals surface area contributed by atoms with Gasteiger partial charge < -0.3 is 8.98 Å². The third-order valence-corrected chi connectivity index (χ3v) is 6.43.